The van der Waals surface area contributed by atoms with Crippen molar-refractivity contribution in [1.82, 2.24) is 20.0 Å². The maximum Gasteiger partial charge on any atom is 0.287 e. The minimum atomic E-state index is -0.546. The number of carbonyl (C=O) groups excluding carboxylic acids is 2. The van der Waals surface area contributed by atoms with E-state index in [0.29, 0.717) is 5.76 Å². The van der Waals surface area contributed by atoms with E-state index >= 15 is 0 Å². The number of furan rings is 1. The Labute approximate surface area is 204 Å². The number of pyridine rings is 1. The summed E-state index contributed by atoms with van der Waals surface area (Å²) in [4.78, 5) is 30.1. The lowest BCUT2D eigenvalue weighted by atomic mass is 9.83. The quantitative estimate of drug-likeness (QED) is 0.415. The molecule has 7 heteroatoms. The highest BCUT2D eigenvalue weighted by molar-refractivity contribution is 5.96. The van der Waals surface area contributed by atoms with Gasteiger partial charge in [0.25, 0.3) is 5.91 Å². The molecule has 0 unspecified atom stereocenters. The fourth-order valence-electron chi connectivity index (χ4n) is 4.90. The maximum atomic E-state index is 12.9. The molecule has 2 amide bonds. The molecule has 1 fully saturated rings. The van der Waals surface area contributed by atoms with E-state index in [2.05, 4.69) is 23.8 Å². The summed E-state index contributed by atoms with van der Waals surface area (Å²) >= 11 is 0. The van der Waals surface area contributed by atoms with Gasteiger partial charge in [-0.05, 0) is 49.4 Å². The molecule has 0 saturated heterocycles. The Kier molecular flexibility index (Phi) is 6.40. The first-order chi connectivity index (χ1) is 17.0. The van der Waals surface area contributed by atoms with E-state index in [1.54, 1.807) is 19.2 Å². The zero-order chi connectivity index (χ0) is 24.4. The van der Waals surface area contributed by atoms with Gasteiger partial charge in [-0.3, -0.25) is 9.59 Å². The molecule has 2 N–H and O–H groups in total. The number of fused-ring (bicyclic) bond motifs is 1. The Morgan fingerprint density at radius 1 is 0.971 bits per heavy atom. The number of aromatic nitrogens is 2. The van der Waals surface area contributed by atoms with Gasteiger partial charge in [0.1, 0.15) is 17.4 Å². The average molecular weight is 471 g/mol. The van der Waals surface area contributed by atoms with E-state index in [4.69, 9.17) is 9.40 Å². The molecule has 0 radical (unpaired) electrons. The van der Waals surface area contributed by atoms with Gasteiger partial charge in [0.05, 0.1) is 5.69 Å². The molecule has 7 nitrogen and oxygen atoms in total. The molecule has 1 aliphatic carbocycles. The highest BCUT2D eigenvalue weighted by Crippen LogP contribution is 2.28. The van der Waals surface area contributed by atoms with E-state index in [-0.39, 0.29) is 23.5 Å². The van der Waals surface area contributed by atoms with Crippen LogP contribution in [0.3, 0.4) is 0 Å². The SMILES string of the molecule is CNC(=O)[C@@H](NC(=O)c1ccc(-c2ccc(-c3cn4cc(C)ccc4n3)cc2)o1)C1CCCCC1. The van der Waals surface area contributed by atoms with Crippen LogP contribution in [-0.4, -0.2) is 34.3 Å². The number of nitrogens with zero attached hydrogens (tertiary/aromatic N) is 2. The topological polar surface area (TPSA) is 88.6 Å². The molecule has 5 rings (SSSR count). The van der Waals surface area contributed by atoms with Crippen LogP contribution in [0.25, 0.3) is 28.2 Å². The Morgan fingerprint density at radius 3 is 2.46 bits per heavy atom. The van der Waals surface area contributed by atoms with Gasteiger partial charge >= 0.3 is 0 Å². The molecule has 1 aliphatic rings. The van der Waals surface area contributed by atoms with Gasteiger partial charge in [-0.25, -0.2) is 4.98 Å². The second-order valence-electron chi connectivity index (χ2n) is 9.30. The number of nitrogens with one attached hydrogen (secondary N) is 2. The van der Waals surface area contributed by atoms with Crippen LogP contribution in [0.5, 0.6) is 0 Å². The second-order valence-corrected chi connectivity index (χ2v) is 9.30. The molecule has 3 heterocycles. The number of imidazole rings is 1. The van der Waals surface area contributed by atoms with E-state index in [1.165, 1.54) is 12.0 Å². The van der Waals surface area contributed by atoms with Gasteiger partial charge in [0.2, 0.25) is 5.91 Å². The van der Waals surface area contributed by atoms with Gasteiger partial charge in [-0.2, -0.15) is 0 Å². The smallest absolute Gasteiger partial charge is 0.287 e. The zero-order valence-electron chi connectivity index (χ0n) is 20.1. The minimum absolute atomic E-state index is 0.151. The molecule has 0 aliphatic heterocycles. The van der Waals surface area contributed by atoms with Crippen LogP contribution in [-0.2, 0) is 4.79 Å². The lowest BCUT2D eigenvalue weighted by molar-refractivity contribution is -0.124. The highest BCUT2D eigenvalue weighted by atomic mass is 16.4. The maximum absolute atomic E-state index is 12.9. The third-order valence-corrected chi connectivity index (χ3v) is 6.83. The molecular weight excluding hydrogens is 440 g/mol. The largest absolute Gasteiger partial charge is 0.451 e. The van der Waals surface area contributed by atoms with Crippen molar-refractivity contribution >= 4 is 17.5 Å². The first-order valence-corrected chi connectivity index (χ1v) is 12.2. The van der Waals surface area contributed by atoms with Crippen molar-refractivity contribution in [3.63, 3.8) is 0 Å². The van der Waals surface area contributed by atoms with Crippen LogP contribution >= 0.6 is 0 Å². The van der Waals surface area contributed by atoms with Crippen LogP contribution in [0.2, 0.25) is 0 Å². The van der Waals surface area contributed by atoms with Crippen molar-refractivity contribution in [2.75, 3.05) is 7.05 Å². The van der Waals surface area contributed by atoms with E-state index < -0.39 is 6.04 Å². The van der Waals surface area contributed by atoms with Crippen molar-refractivity contribution in [2.24, 2.45) is 5.92 Å². The van der Waals surface area contributed by atoms with Gasteiger partial charge in [0, 0.05) is 30.6 Å². The number of benzene rings is 1. The number of carbonyl (C=O) groups is 2. The van der Waals surface area contributed by atoms with Crippen molar-refractivity contribution in [3.8, 4) is 22.6 Å². The van der Waals surface area contributed by atoms with Crippen molar-refractivity contribution < 1.29 is 14.0 Å². The number of hydrogen-bond donors (Lipinski definition) is 2. The summed E-state index contributed by atoms with van der Waals surface area (Å²) in [6.07, 6.45) is 9.32. The van der Waals surface area contributed by atoms with Gasteiger partial charge < -0.3 is 19.5 Å². The molecule has 4 aromatic rings. The Morgan fingerprint density at radius 2 is 1.71 bits per heavy atom. The summed E-state index contributed by atoms with van der Waals surface area (Å²) in [6.45, 7) is 2.06. The first kappa shape index (κ1) is 22.9. The molecule has 1 aromatic carbocycles. The first-order valence-electron chi connectivity index (χ1n) is 12.2. The molecule has 1 saturated carbocycles. The summed E-state index contributed by atoms with van der Waals surface area (Å²) in [5.74, 6) is 0.422. The summed E-state index contributed by atoms with van der Waals surface area (Å²) in [7, 11) is 1.60. The number of hydrogen-bond acceptors (Lipinski definition) is 4. The molecule has 0 spiro atoms. The van der Waals surface area contributed by atoms with Gasteiger partial charge in [-0.15, -0.1) is 0 Å². The second kappa shape index (κ2) is 9.78. The van der Waals surface area contributed by atoms with Crippen molar-refractivity contribution in [1.29, 1.82) is 0 Å². The van der Waals surface area contributed by atoms with Crippen LogP contribution in [0, 0.1) is 12.8 Å². The van der Waals surface area contributed by atoms with Crippen molar-refractivity contribution in [2.45, 2.75) is 45.1 Å². The van der Waals surface area contributed by atoms with Crippen LogP contribution in [0.15, 0.2) is 65.3 Å². The van der Waals surface area contributed by atoms with E-state index in [1.807, 2.05) is 47.0 Å². The monoisotopic (exact) mass is 470 g/mol. The fourth-order valence-corrected chi connectivity index (χ4v) is 4.90. The fraction of sp³-hybridized carbons (Fsp3) is 0.321. The minimum Gasteiger partial charge on any atom is -0.451 e. The molecular formula is C28H30N4O3. The van der Waals surface area contributed by atoms with E-state index in [9.17, 15) is 9.59 Å². The summed E-state index contributed by atoms with van der Waals surface area (Å²) in [5.41, 5.74) is 4.84. The highest BCUT2D eigenvalue weighted by Gasteiger charge is 2.31. The molecule has 35 heavy (non-hydrogen) atoms. The lowest BCUT2D eigenvalue weighted by Gasteiger charge is -2.29. The molecule has 3 aromatic heterocycles. The van der Waals surface area contributed by atoms with Gasteiger partial charge in [-0.1, -0.05) is 49.6 Å². The van der Waals surface area contributed by atoms with Crippen LogP contribution in [0.4, 0.5) is 0 Å². The number of aryl methyl sites for hydroxylation is 1. The normalized spacial score (nSPS) is 15.1. The molecule has 1 atom stereocenters. The Balaban J connectivity index is 1.31. The van der Waals surface area contributed by atoms with Crippen molar-refractivity contribution in [3.05, 3.63) is 72.2 Å². The zero-order valence-corrected chi connectivity index (χ0v) is 20.1. The van der Waals surface area contributed by atoms with Gasteiger partial charge in [0.15, 0.2) is 5.76 Å². The number of amides is 2. The predicted octanol–water partition coefficient (Wildman–Crippen LogP) is 4.99. The number of likely N-dealkylation sites (N-methyl/N-ethyl adjacent to an activating group) is 1. The average Bonchev–Trinajstić information content (AvgIpc) is 3.55. The number of rotatable bonds is 6. The molecule has 180 valence electrons. The van der Waals surface area contributed by atoms with Crippen LogP contribution in [0.1, 0.15) is 48.2 Å². The third kappa shape index (κ3) is 4.85. The Hall–Kier alpha value is -3.87. The third-order valence-electron chi connectivity index (χ3n) is 6.83. The molecule has 0 bridgehead atoms. The predicted molar refractivity (Wildman–Crippen MR) is 135 cm³/mol. The van der Waals surface area contributed by atoms with E-state index in [0.717, 1.165) is 48.2 Å². The van der Waals surface area contributed by atoms with Crippen LogP contribution < -0.4 is 10.6 Å². The standard InChI is InChI=1S/C28H30N4O3/c1-18-8-15-25-30-22(17-32(25)16-18)19-9-11-20(12-10-19)23-13-14-24(35-23)27(33)31-26(28(34)29-2)21-6-4-3-5-7-21/h8-17,21,26H,3-7H2,1-2H3,(H,29,34)(H,31,33)/t26-/m0/s1. The lowest BCUT2D eigenvalue weighted by Crippen LogP contribution is -2.50. The summed E-state index contributed by atoms with van der Waals surface area (Å²) in [5, 5.41) is 5.60. The summed E-state index contributed by atoms with van der Waals surface area (Å²) in [6, 6.07) is 14.9. The summed E-state index contributed by atoms with van der Waals surface area (Å²) < 4.78 is 7.90. The Bertz CT molecular complexity index is 1350.